The smallest absolute Gasteiger partial charge is 0.335 e. The van der Waals surface area contributed by atoms with Gasteiger partial charge in [0.05, 0.1) is 22.3 Å². The number of nitrogens with one attached hydrogen (secondary N) is 1. The van der Waals surface area contributed by atoms with Gasteiger partial charge >= 0.3 is 5.97 Å². The number of hydrogen-bond donors (Lipinski definition) is 3. The second-order valence-electron chi connectivity index (χ2n) is 3.28. The zero-order chi connectivity index (χ0) is 12.3. The van der Waals surface area contributed by atoms with Crippen LogP contribution in [0.3, 0.4) is 0 Å². The minimum absolute atomic E-state index is 0.0457. The molecule has 16 heavy (non-hydrogen) atoms. The first-order valence-corrected chi connectivity index (χ1v) is 4.89. The van der Waals surface area contributed by atoms with Gasteiger partial charge in [0.25, 0.3) is 0 Å². The summed E-state index contributed by atoms with van der Waals surface area (Å²) in [5.74, 6) is -1.52. The maximum absolute atomic E-state index is 11.3. The molecule has 4 N–H and O–H groups in total. The molecule has 86 valence electrons. The van der Waals surface area contributed by atoms with E-state index in [0.717, 1.165) is 0 Å². The third kappa shape index (κ3) is 2.95. The number of carbonyl (C=O) groups is 2. The number of rotatable bonds is 3. The second kappa shape index (κ2) is 4.96. The summed E-state index contributed by atoms with van der Waals surface area (Å²) >= 11 is 5.80. The zero-order valence-electron chi connectivity index (χ0n) is 8.53. The van der Waals surface area contributed by atoms with Crippen molar-refractivity contribution >= 4 is 29.2 Å². The van der Waals surface area contributed by atoms with Gasteiger partial charge in [0.2, 0.25) is 5.91 Å². The van der Waals surface area contributed by atoms with Gasteiger partial charge in [-0.25, -0.2) is 4.79 Å². The van der Waals surface area contributed by atoms with Crippen LogP contribution in [-0.2, 0) is 4.79 Å². The van der Waals surface area contributed by atoms with Crippen molar-refractivity contribution in [3.05, 3.63) is 28.8 Å². The van der Waals surface area contributed by atoms with Crippen molar-refractivity contribution in [2.45, 2.75) is 13.0 Å². The van der Waals surface area contributed by atoms with Gasteiger partial charge in [-0.1, -0.05) is 11.6 Å². The highest BCUT2D eigenvalue weighted by atomic mass is 35.5. The fraction of sp³-hybridized carbons (Fsp3) is 0.200. The molecule has 1 aromatic rings. The Morgan fingerprint density at radius 3 is 2.62 bits per heavy atom. The predicted molar refractivity (Wildman–Crippen MR) is 60.7 cm³/mol. The van der Waals surface area contributed by atoms with E-state index in [1.807, 2.05) is 0 Å². The maximum atomic E-state index is 11.3. The lowest BCUT2D eigenvalue weighted by atomic mass is 10.2. The fourth-order valence-electron chi connectivity index (χ4n) is 1.00. The van der Waals surface area contributed by atoms with Crippen LogP contribution in [0, 0.1) is 0 Å². The third-order valence-electron chi connectivity index (χ3n) is 1.88. The van der Waals surface area contributed by atoms with Gasteiger partial charge in [-0.15, -0.1) is 0 Å². The Kier molecular flexibility index (Phi) is 3.87. The van der Waals surface area contributed by atoms with Crippen molar-refractivity contribution in [2.75, 3.05) is 5.32 Å². The number of anilines is 1. The topological polar surface area (TPSA) is 92.4 Å². The van der Waals surface area contributed by atoms with E-state index in [4.69, 9.17) is 22.4 Å². The number of nitrogens with two attached hydrogens (primary N) is 1. The summed E-state index contributed by atoms with van der Waals surface area (Å²) in [6.45, 7) is 1.52. The van der Waals surface area contributed by atoms with Crippen LogP contribution in [0.4, 0.5) is 5.69 Å². The molecule has 0 unspecified atom stereocenters. The number of benzene rings is 1. The molecule has 0 aromatic heterocycles. The number of amides is 1. The van der Waals surface area contributed by atoms with Gasteiger partial charge in [-0.05, 0) is 25.1 Å². The van der Waals surface area contributed by atoms with Gasteiger partial charge in [0.1, 0.15) is 0 Å². The van der Waals surface area contributed by atoms with E-state index in [9.17, 15) is 9.59 Å². The van der Waals surface area contributed by atoms with Gasteiger partial charge in [-0.2, -0.15) is 0 Å². The lowest BCUT2D eigenvalue weighted by molar-refractivity contribution is -0.117. The van der Waals surface area contributed by atoms with Gasteiger partial charge in [-0.3, -0.25) is 4.79 Å². The summed E-state index contributed by atoms with van der Waals surface area (Å²) in [7, 11) is 0. The molecular formula is C10H11ClN2O3. The summed E-state index contributed by atoms with van der Waals surface area (Å²) in [5, 5.41) is 11.5. The molecule has 0 saturated carbocycles. The SMILES string of the molecule is C[C@@H](N)C(=O)Nc1cc(C(=O)O)ccc1Cl. The Bertz CT molecular complexity index is 432. The van der Waals surface area contributed by atoms with E-state index >= 15 is 0 Å². The largest absolute Gasteiger partial charge is 0.478 e. The van der Waals surface area contributed by atoms with Crippen molar-refractivity contribution in [1.29, 1.82) is 0 Å². The Morgan fingerprint density at radius 1 is 1.50 bits per heavy atom. The highest BCUT2D eigenvalue weighted by Gasteiger charge is 2.12. The Labute approximate surface area is 97.2 Å². The molecule has 5 nitrogen and oxygen atoms in total. The number of hydrogen-bond acceptors (Lipinski definition) is 3. The van der Waals surface area contributed by atoms with Crippen molar-refractivity contribution in [3.8, 4) is 0 Å². The highest BCUT2D eigenvalue weighted by molar-refractivity contribution is 6.33. The van der Waals surface area contributed by atoms with E-state index in [0.29, 0.717) is 0 Å². The Hall–Kier alpha value is -1.59. The Balaban J connectivity index is 2.99. The van der Waals surface area contributed by atoms with Crippen LogP contribution in [0.1, 0.15) is 17.3 Å². The quantitative estimate of drug-likeness (QED) is 0.745. The molecule has 0 fully saturated rings. The van der Waals surface area contributed by atoms with E-state index < -0.39 is 17.9 Å². The van der Waals surface area contributed by atoms with Crippen molar-refractivity contribution in [3.63, 3.8) is 0 Å². The first kappa shape index (κ1) is 12.5. The lowest BCUT2D eigenvalue weighted by Crippen LogP contribution is -2.32. The molecule has 0 aliphatic rings. The maximum Gasteiger partial charge on any atom is 0.335 e. The van der Waals surface area contributed by atoms with Crippen molar-refractivity contribution < 1.29 is 14.7 Å². The molecule has 0 heterocycles. The number of halogens is 1. The normalized spacial score (nSPS) is 11.9. The molecule has 0 spiro atoms. The molecule has 1 aromatic carbocycles. The lowest BCUT2D eigenvalue weighted by Gasteiger charge is -2.09. The number of carboxylic acid groups (broad SMARTS) is 1. The molecule has 0 bridgehead atoms. The standard InChI is InChI=1S/C10H11ClN2O3/c1-5(12)9(14)13-8-4-6(10(15)16)2-3-7(8)11/h2-5H,12H2,1H3,(H,13,14)(H,15,16)/t5-/m1/s1. The first-order chi connectivity index (χ1) is 7.41. The molecule has 0 saturated heterocycles. The highest BCUT2D eigenvalue weighted by Crippen LogP contribution is 2.23. The minimum Gasteiger partial charge on any atom is -0.478 e. The van der Waals surface area contributed by atoms with Crippen LogP contribution in [0.15, 0.2) is 18.2 Å². The molecule has 1 atom stereocenters. The number of aromatic carboxylic acids is 1. The van der Waals surface area contributed by atoms with Gasteiger partial charge in [0.15, 0.2) is 0 Å². The van der Waals surface area contributed by atoms with Crippen molar-refractivity contribution in [2.24, 2.45) is 5.73 Å². The van der Waals surface area contributed by atoms with Crippen LogP contribution in [0.2, 0.25) is 5.02 Å². The van der Waals surface area contributed by atoms with E-state index in [1.54, 1.807) is 0 Å². The number of carboxylic acids is 1. The first-order valence-electron chi connectivity index (χ1n) is 4.51. The van der Waals surface area contributed by atoms with E-state index in [-0.39, 0.29) is 16.3 Å². The predicted octanol–water partition coefficient (Wildman–Crippen LogP) is 1.32. The zero-order valence-corrected chi connectivity index (χ0v) is 9.28. The van der Waals surface area contributed by atoms with E-state index in [1.165, 1.54) is 25.1 Å². The average Bonchev–Trinajstić information content (AvgIpc) is 2.20. The van der Waals surface area contributed by atoms with Gasteiger partial charge < -0.3 is 16.2 Å². The molecule has 0 radical (unpaired) electrons. The van der Waals surface area contributed by atoms with E-state index in [2.05, 4.69) is 5.32 Å². The fourth-order valence-corrected chi connectivity index (χ4v) is 1.17. The number of carbonyl (C=O) groups excluding carboxylic acids is 1. The summed E-state index contributed by atoms with van der Waals surface area (Å²) in [5.41, 5.74) is 5.65. The summed E-state index contributed by atoms with van der Waals surface area (Å²) < 4.78 is 0. The second-order valence-corrected chi connectivity index (χ2v) is 3.68. The molecular weight excluding hydrogens is 232 g/mol. The van der Waals surface area contributed by atoms with Crippen LogP contribution in [0.25, 0.3) is 0 Å². The summed E-state index contributed by atoms with van der Waals surface area (Å²) in [4.78, 5) is 22.0. The molecule has 1 amide bonds. The summed E-state index contributed by atoms with van der Waals surface area (Å²) in [6, 6.07) is 3.35. The third-order valence-corrected chi connectivity index (χ3v) is 2.21. The average molecular weight is 243 g/mol. The van der Waals surface area contributed by atoms with Crippen LogP contribution >= 0.6 is 11.6 Å². The monoisotopic (exact) mass is 242 g/mol. The Morgan fingerprint density at radius 2 is 2.12 bits per heavy atom. The van der Waals surface area contributed by atoms with Crippen molar-refractivity contribution in [1.82, 2.24) is 0 Å². The van der Waals surface area contributed by atoms with Crippen LogP contribution in [0.5, 0.6) is 0 Å². The molecule has 6 heteroatoms. The molecule has 0 aliphatic carbocycles. The minimum atomic E-state index is -1.09. The molecule has 1 rings (SSSR count). The van der Waals surface area contributed by atoms with Crippen LogP contribution in [-0.4, -0.2) is 23.0 Å². The van der Waals surface area contributed by atoms with Crippen LogP contribution < -0.4 is 11.1 Å². The summed E-state index contributed by atoms with van der Waals surface area (Å²) in [6.07, 6.45) is 0. The van der Waals surface area contributed by atoms with Gasteiger partial charge in [0, 0.05) is 0 Å². The molecule has 0 aliphatic heterocycles.